The highest BCUT2D eigenvalue weighted by Gasteiger charge is 2.39. The van der Waals surface area contributed by atoms with Crippen molar-refractivity contribution in [2.45, 2.75) is 17.7 Å². The van der Waals surface area contributed by atoms with Gasteiger partial charge in [0.15, 0.2) is 0 Å². The molecule has 2 aromatic rings. The Kier molecular flexibility index (Phi) is 2.54. The molecule has 0 bridgehead atoms. The van der Waals surface area contributed by atoms with E-state index in [9.17, 15) is 21.6 Å². The number of halogens is 3. The molecule has 0 aromatic carbocycles. The number of hydrogen-bond acceptors (Lipinski definition) is 3. The van der Waals surface area contributed by atoms with Crippen molar-refractivity contribution in [3.05, 3.63) is 24.0 Å². The van der Waals surface area contributed by atoms with E-state index in [2.05, 4.69) is 10.2 Å². The molecule has 3 heterocycles. The molecule has 108 valence electrons. The van der Waals surface area contributed by atoms with Gasteiger partial charge in [0.25, 0.3) is 0 Å². The SMILES string of the molecule is CN1Cn2c(ccc2C(F)(F)F)-c2[nH]ncc2S1(=O)=O. The second kappa shape index (κ2) is 3.85. The zero-order chi connectivity index (χ0) is 14.7. The molecule has 1 N–H and O–H groups in total. The normalized spacial score (nSPS) is 18.4. The first-order valence-electron chi connectivity index (χ1n) is 5.50. The Labute approximate surface area is 111 Å². The van der Waals surface area contributed by atoms with E-state index in [1.54, 1.807) is 0 Å². The van der Waals surface area contributed by atoms with Crippen LogP contribution in [0.25, 0.3) is 11.4 Å². The van der Waals surface area contributed by atoms with Gasteiger partial charge in [-0.3, -0.25) is 5.10 Å². The molecule has 20 heavy (non-hydrogen) atoms. The molecule has 0 unspecified atom stereocenters. The Morgan fingerprint density at radius 3 is 2.70 bits per heavy atom. The van der Waals surface area contributed by atoms with E-state index < -0.39 is 28.6 Å². The number of fused-ring (bicyclic) bond motifs is 3. The Morgan fingerprint density at radius 1 is 1.35 bits per heavy atom. The molecule has 0 fully saturated rings. The van der Waals surface area contributed by atoms with Crippen molar-refractivity contribution >= 4 is 10.0 Å². The van der Waals surface area contributed by atoms with E-state index in [0.717, 1.165) is 21.1 Å². The van der Waals surface area contributed by atoms with Crippen LogP contribution in [0.4, 0.5) is 13.2 Å². The first-order chi connectivity index (χ1) is 9.23. The molecule has 0 aliphatic carbocycles. The highest BCUT2D eigenvalue weighted by Crippen LogP contribution is 2.37. The molecule has 2 aromatic heterocycles. The van der Waals surface area contributed by atoms with E-state index in [1.165, 1.54) is 13.1 Å². The van der Waals surface area contributed by atoms with Gasteiger partial charge >= 0.3 is 6.18 Å². The Morgan fingerprint density at radius 2 is 2.05 bits per heavy atom. The lowest BCUT2D eigenvalue weighted by Crippen LogP contribution is -2.29. The number of aromatic amines is 1. The highest BCUT2D eigenvalue weighted by atomic mass is 32.2. The summed E-state index contributed by atoms with van der Waals surface area (Å²) in [6, 6.07) is 2.15. The molecule has 0 saturated carbocycles. The van der Waals surface area contributed by atoms with Crippen LogP contribution in [0.2, 0.25) is 0 Å². The molecule has 1 aliphatic rings. The summed E-state index contributed by atoms with van der Waals surface area (Å²) in [6.07, 6.45) is -3.47. The zero-order valence-electron chi connectivity index (χ0n) is 10.1. The fourth-order valence-electron chi connectivity index (χ4n) is 2.18. The van der Waals surface area contributed by atoms with Gasteiger partial charge in [0.05, 0.1) is 18.6 Å². The van der Waals surface area contributed by atoms with Gasteiger partial charge in [-0.15, -0.1) is 0 Å². The van der Waals surface area contributed by atoms with Crippen LogP contribution in [-0.4, -0.2) is 34.5 Å². The lowest BCUT2D eigenvalue weighted by molar-refractivity contribution is -0.143. The molecule has 0 amide bonds. The number of nitrogens with zero attached hydrogens (tertiary/aromatic N) is 3. The summed E-state index contributed by atoms with van der Waals surface area (Å²) in [5.74, 6) is 0. The predicted molar refractivity (Wildman–Crippen MR) is 62.0 cm³/mol. The predicted octanol–water partition coefficient (Wildman–Crippen LogP) is 1.49. The molecule has 0 radical (unpaired) electrons. The average molecular weight is 306 g/mol. The van der Waals surface area contributed by atoms with E-state index in [-0.39, 0.29) is 16.3 Å². The lowest BCUT2D eigenvalue weighted by Gasteiger charge is -2.18. The standard InChI is InChI=1S/C10H9F3N4O2S/c1-16-5-17-6(2-3-8(17)10(11,12)13)9-7(4-14-15-9)20(16,18)19/h2-4H,5H2,1H3,(H,14,15). The fourth-order valence-corrected chi connectivity index (χ4v) is 3.38. The summed E-state index contributed by atoms with van der Waals surface area (Å²) in [5, 5.41) is 6.07. The number of H-pyrrole nitrogens is 1. The van der Waals surface area contributed by atoms with Crippen molar-refractivity contribution in [3.63, 3.8) is 0 Å². The molecule has 6 nitrogen and oxygen atoms in total. The minimum atomic E-state index is -4.56. The summed E-state index contributed by atoms with van der Waals surface area (Å²) < 4.78 is 65.0. The number of alkyl halides is 3. The van der Waals surface area contributed by atoms with Crippen molar-refractivity contribution in [3.8, 4) is 11.4 Å². The third-order valence-corrected chi connectivity index (χ3v) is 4.96. The van der Waals surface area contributed by atoms with Crippen molar-refractivity contribution in [1.29, 1.82) is 0 Å². The maximum atomic E-state index is 12.9. The first-order valence-corrected chi connectivity index (χ1v) is 6.94. The lowest BCUT2D eigenvalue weighted by atomic mass is 10.3. The van der Waals surface area contributed by atoms with Gasteiger partial charge in [-0.1, -0.05) is 0 Å². The molecule has 1 aliphatic heterocycles. The fraction of sp³-hybridized carbons (Fsp3) is 0.300. The van der Waals surface area contributed by atoms with Gasteiger partial charge in [0.2, 0.25) is 10.0 Å². The van der Waals surface area contributed by atoms with E-state index in [4.69, 9.17) is 0 Å². The summed E-state index contributed by atoms with van der Waals surface area (Å²) in [5.41, 5.74) is -0.709. The van der Waals surface area contributed by atoms with Crippen LogP contribution < -0.4 is 0 Å². The van der Waals surface area contributed by atoms with Crippen LogP contribution in [0.1, 0.15) is 5.69 Å². The number of rotatable bonds is 0. The van der Waals surface area contributed by atoms with Gasteiger partial charge in [0.1, 0.15) is 16.3 Å². The van der Waals surface area contributed by atoms with Crippen molar-refractivity contribution < 1.29 is 21.6 Å². The van der Waals surface area contributed by atoms with Gasteiger partial charge in [0, 0.05) is 7.05 Å². The van der Waals surface area contributed by atoms with Gasteiger partial charge in [-0.05, 0) is 12.1 Å². The van der Waals surface area contributed by atoms with Crippen molar-refractivity contribution in [2.75, 3.05) is 7.05 Å². The summed E-state index contributed by atoms with van der Waals surface area (Å²) in [4.78, 5) is -0.134. The summed E-state index contributed by atoms with van der Waals surface area (Å²) >= 11 is 0. The minimum Gasteiger partial charge on any atom is -0.321 e. The Bertz CT molecular complexity index is 775. The largest absolute Gasteiger partial charge is 0.431 e. The summed E-state index contributed by atoms with van der Waals surface area (Å²) in [7, 11) is -2.64. The van der Waals surface area contributed by atoms with Crippen LogP contribution in [0.15, 0.2) is 23.2 Å². The molecule has 10 heteroatoms. The molecule has 0 atom stereocenters. The van der Waals surface area contributed by atoms with Gasteiger partial charge in [-0.2, -0.15) is 22.6 Å². The third-order valence-electron chi connectivity index (χ3n) is 3.16. The molecule has 0 saturated heterocycles. The van der Waals surface area contributed by atoms with Crippen LogP contribution in [0, 0.1) is 0 Å². The third kappa shape index (κ3) is 1.68. The zero-order valence-corrected chi connectivity index (χ0v) is 11.0. The van der Waals surface area contributed by atoms with Gasteiger partial charge < -0.3 is 4.57 Å². The van der Waals surface area contributed by atoms with E-state index >= 15 is 0 Å². The van der Waals surface area contributed by atoms with Crippen LogP contribution >= 0.6 is 0 Å². The number of hydrogen-bond donors (Lipinski definition) is 1. The average Bonchev–Trinajstić information content (AvgIpc) is 2.90. The summed E-state index contributed by atoms with van der Waals surface area (Å²) in [6.45, 7) is -0.415. The Hall–Kier alpha value is -1.81. The van der Waals surface area contributed by atoms with Crippen LogP contribution in [0.5, 0.6) is 0 Å². The molecule has 0 spiro atoms. The molecular weight excluding hydrogens is 297 g/mol. The van der Waals surface area contributed by atoms with Crippen LogP contribution in [0.3, 0.4) is 0 Å². The van der Waals surface area contributed by atoms with Crippen molar-refractivity contribution in [1.82, 2.24) is 19.1 Å². The number of aromatic nitrogens is 3. The minimum absolute atomic E-state index is 0.0600. The second-order valence-corrected chi connectivity index (χ2v) is 6.40. The highest BCUT2D eigenvalue weighted by molar-refractivity contribution is 7.89. The number of nitrogens with one attached hydrogen (secondary N) is 1. The maximum Gasteiger partial charge on any atom is 0.431 e. The second-order valence-electron chi connectivity index (χ2n) is 4.38. The maximum absolute atomic E-state index is 12.9. The monoisotopic (exact) mass is 306 g/mol. The van der Waals surface area contributed by atoms with Crippen molar-refractivity contribution in [2.24, 2.45) is 0 Å². The van der Waals surface area contributed by atoms with Crippen LogP contribution in [-0.2, 0) is 22.9 Å². The quantitative estimate of drug-likeness (QED) is 0.801. The number of sulfonamides is 1. The molecular formula is C10H9F3N4O2S. The topological polar surface area (TPSA) is 71.0 Å². The first kappa shape index (κ1) is 13.2. The van der Waals surface area contributed by atoms with Gasteiger partial charge in [-0.25, -0.2) is 8.42 Å². The van der Waals surface area contributed by atoms with E-state index in [1.807, 2.05) is 0 Å². The molecule has 3 rings (SSSR count). The van der Waals surface area contributed by atoms with E-state index in [0.29, 0.717) is 0 Å². The smallest absolute Gasteiger partial charge is 0.321 e. The Balaban J connectivity index is 2.32.